The molecule has 0 aliphatic heterocycles. The van der Waals surface area contributed by atoms with Crippen LogP contribution in [0.25, 0.3) is 0 Å². The van der Waals surface area contributed by atoms with Crippen molar-refractivity contribution in [1.29, 1.82) is 0 Å². The lowest BCUT2D eigenvalue weighted by molar-refractivity contribution is -0.385. The Kier molecular flexibility index (Phi) is 3.00. The van der Waals surface area contributed by atoms with Gasteiger partial charge in [0.05, 0.1) is 4.92 Å². The predicted octanol–water partition coefficient (Wildman–Crippen LogP) is 2.38. The molecule has 0 bridgehead atoms. The third-order valence-corrected chi connectivity index (χ3v) is 2.10. The van der Waals surface area contributed by atoms with Crippen molar-refractivity contribution in [1.82, 2.24) is 0 Å². The van der Waals surface area contributed by atoms with Crippen molar-refractivity contribution in [2.24, 2.45) is 5.73 Å². The molecular formula is C8H9BrN2O2. The number of nitrogens with two attached hydrogens (primary N) is 1. The van der Waals surface area contributed by atoms with Crippen molar-refractivity contribution in [3.8, 4) is 0 Å². The largest absolute Gasteiger partial charge is 0.324 e. The van der Waals surface area contributed by atoms with Gasteiger partial charge < -0.3 is 5.73 Å². The third kappa shape index (κ3) is 2.50. The monoisotopic (exact) mass is 244 g/mol. The number of halogens is 1. The number of hydrogen-bond acceptors (Lipinski definition) is 3. The summed E-state index contributed by atoms with van der Waals surface area (Å²) in [6, 6.07) is 4.51. The van der Waals surface area contributed by atoms with E-state index in [1.54, 1.807) is 13.0 Å². The average Bonchev–Trinajstić information content (AvgIpc) is 2.03. The van der Waals surface area contributed by atoms with Gasteiger partial charge in [-0.15, -0.1) is 0 Å². The highest BCUT2D eigenvalue weighted by molar-refractivity contribution is 9.10. The van der Waals surface area contributed by atoms with Crippen LogP contribution in [0.5, 0.6) is 0 Å². The quantitative estimate of drug-likeness (QED) is 0.642. The Morgan fingerprint density at radius 1 is 1.54 bits per heavy atom. The lowest BCUT2D eigenvalue weighted by atomic mass is 10.1. The molecule has 1 rings (SSSR count). The fourth-order valence-electron chi connectivity index (χ4n) is 0.965. The van der Waals surface area contributed by atoms with Crippen molar-refractivity contribution in [3.63, 3.8) is 0 Å². The Labute approximate surface area is 84.0 Å². The summed E-state index contributed by atoms with van der Waals surface area (Å²) < 4.78 is 0.675. The van der Waals surface area contributed by atoms with Gasteiger partial charge in [0, 0.05) is 22.6 Å². The molecule has 5 heteroatoms. The van der Waals surface area contributed by atoms with Crippen LogP contribution < -0.4 is 5.73 Å². The predicted molar refractivity (Wildman–Crippen MR) is 53.4 cm³/mol. The third-order valence-electron chi connectivity index (χ3n) is 1.64. The molecule has 0 saturated carbocycles. The van der Waals surface area contributed by atoms with Crippen molar-refractivity contribution in [2.45, 2.75) is 13.0 Å². The van der Waals surface area contributed by atoms with Crippen molar-refractivity contribution in [2.75, 3.05) is 0 Å². The van der Waals surface area contributed by atoms with E-state index in [2.05, 4.69) is 15.9 Å². The van der Waals surface area contributed by atoms with E-state index in [-0.39, 0.29) is 11.7 Å². The van der Waals surface area contributed by atoms with Gasteiger partial charge in [-0.25, -0.2) is 0 Å². The summed E-state index contributed by atoms with van der Waals surface area (Å²) in [6.07, 6.45) is 0. The molecule has 0 spiro atoms. The topological polar surface area (TPSA) is 69.2 Å². The Morgan fingerprint density at radius 3 is 2.62 bits per heavy atom. The van der Waals surface area contributed by atoms with E-state index in [1.807, 2.05) is 0 Å². The zero-order valence-electron chi connectivity index (χ0n) is 7.03. The number of nitro groups is 1. The summed E-state index contributed by atoms with van der Waals surface area (Å²) in [7, 11) is 0. The fraction of sp³-hybridized carbons (Fsp3) is 0.250. The van der Waals surface area contributed by atoms with E-state index < -0.39 is 4.92 Å². The molecule has 0 aromatic heterocycles. The summed E-state index contributed by atoms with van der Waals surface area (Å²) in [5, 5.41) is 10.5. The molecule has 1 atom stereocenters. The number of hydrogen-bond donors (Lipinski definition) is 1. The van der Waals surface area contributed by atoms with Crippen molar-refractivity contribution in [3.05, 3.63) is 38.3 Å². The van der Waals surface area contributed by atoms with Crippen LogP contribution in [0.15, 0.2) is 22.7 Å². The van der Waals surface area contributed by atoms with Gasteiger partial charge in [0.25, 0.3) is 5.69 Å². The highest BCUT2D eigenvalue weighted by atomic mass is 79.9. The van der Waals surface area contributed by atoms with Crippen molar-refractivity contribution >= 4 is 21.6 Å². The molecule has 0 amide bonds. The molecular weight excluding hydrogens is 236 g/mol. The molecule has 4 nitrogen and oxygen atoms in total. The second-order valence-electron chi connectivity index (χ2n) is 2.79. The molecule has 70 valence electrons. The first-order valence-electron chi connectivity index (χ1n) is 3.71. The normalized spacial score (nSPS) is 12.5. The van der Waals surface area contributed by atoms with E-state index in [0.29, 0.717) is 4.47 Å². The van der Waals surface area contributed by atoms with Crippen LogP contribution in [-0.2, 0) is 0 Å². The van der Waals surface area contributed by atoms with Gasteiger partial charge in [-0.05, 0) is 18.6 Å². The summed E-state index contributed by atoms with van der Waals surface area (Å²) in [5.74, 6) is 0. The smallest absolute Gasteiger partial charge is 0.270 e. The minimum atomic E-state index is -0.434. The van der Waals surface area contributed by atoms with E-state index in [0.717, 1.165) is 5.56 Å². The second kappa shape index (κ2) is 3.85. The van der Waals surface area contributed by atoms with Crippen LogP contribution in [0.2, 0.25) is 0 Å². The molecule has 0 radical (unpaired) electrons. The van der Waals surface area contributed by atoms with E-state index in [4.69, 9.17) is 5.73 Å². The molecule has 0 aliphatic rings. The molecule has 1 aromatic rings. The van der Waals surface area contributed by atoms with Crippen LogP contribution in [-0.4, -0.2) is 4.92 Å². The van der Waals surface area contributed by atoms with Gasteiger partial charge >= 0.3 is 0 Å². The second-order valence-corrected chi connectivity index (χ2v) is 3.70. The Bertz CT molecular complexity index is 339. The number of non-ortho nitro benzene ring substituents is 1. The maximum Gasteiger partial charge on any atom is 0.270 e. The van der Waals surface area contributed by atoms with Gasteiger partial charge in [-0.3, -0.25) is 10.1 Å². The van der Waals surface area contributed by atoms with Gasteiger partial charge in [0.15, 0.2) is 0 Å². The van der Waals surface area contributed by atoms with Gasteiger partial charge in [-0.1, -0.05) is 15.9 Å². The standard InChI is InChI=1S/C8H9BrN2O2/c1-5(10)6-2-7(9)4-8(3-6)11(12)13/h2-5H,10H2,1H3/t5-/m1/s1. The van der Waals surface area contributed by atoms with Crippen LogP contribution in [0.4, 0.5) is 5.69 Å². The molecule has 13 heavy (non-hydrogen) atoms. The lowest BCUT2D eigenvalue weighted by Crippen LogP contribution is -2.05. The highest BCUT2D eigenvalue weighted by Crippen LogP contribution is 2.23. The minimum Gasteiger partial charge on any atom is -0.324 e. The summed E-state index contributed by atoms with van der Waals surface area (Å²) >= 11 is 3.19. The van der Waals surface area contributed by atoms with Gasteiger partial charge in [0.2, 0.25) is 0 Å². The molecule has 0 fully saturated rings. The van der Waals surface area contributed by atoms with Crippen LogP contribution in [0.1, 0.15) is 18.5 Å². The maximum absolute atomic E-state index is 10.5. The minimum absolute atomic E-state index is 0.0571. The molecule has 0 saturated heterocycles. The number of nitrogens with zero attached hydrogens (tertiary/aromatic N) is 1. The molecule has 0 unspecified atom stereocenters. The lowest BCUT2D eigenvalue weighted by Gasteiger charge is -2.05. The highest BCUT2D eigenvalue weighted by Gasteiger charge is 2.10. The SMILES string of the molecule is C[C@@H](N)c1cc(Br)cc([N+](=O)[O-])c1. The fourth-order valence-corrected chi connectivity index (χ4v) is 1.46. The molecule has 2 N–H and O–H groups in total. The maximum atomic E-state index is 10.5. The van der Waals surface area contributed by atoms with Crippen LogP contribution >= 0.6 is 15.9 Å². The van der Waals surface area contributed by atoms with Crippen LogP contribution in [0.3, 0.4) is 0 Å². The first kappa shape index (κ1) is 10.1. The van der Waals surface area contributed by atoms with E-state index in [9.17, 15) is 10.1 Å². The number of rotatable bonds is 2. The molecule has 1 aromatic carbocycles. The first-order chi connectivity index (χ1) is 6.00. The number of benzene rings is 1. The molecule has 0 heterocycles. The summed E-state index contributed by atoms with van der Waals surface area (Å²) in [4.78, 5) is 10.0. The van der Waals surface area contributed by atoms with E-state index >= 15 is 0 Å². The molecule has 0 aliphatic carbocycles. The zero-order valence-corrected chi connectivity index (χ0v) is 8.61. The summed E-state index contributed by atoms with van der Waals surface area (Å²) in [5.41, 5.74) is 6.42. The Balaban J connectivity index is 3.19. The number of nitro benzene ring substituents is 1. The Morgan fingerprint density at radius 2 is 2.15 bits per heavy atom. The summed E-state index contributed by atoms with van der Waals surface area (Å²) in [6.45, 7) is 1.78. The van der Waals surface area contributed by atoms with Crippen molar-refractivity contribution < 1.29 is 4.92 Å². The van der Waals surface area contributed by atoms with Crippen LogP contribution in [0, 0.1) is 10.1 Å². The van der Waals surface area contributed by atoms with Gasteiger partial charge in [0.1, 0.15) is 0 Å². The van der Waals surface area contributed by atoms with E-state index in [1.165, 1.54) is 12.1 Å². The Hall–Kier alpha value is -0.940. The first-order valence-corrected chi connectivity index (χ1v) is 4.50. The zero-order chi connectivity index (χ0) is 10.0. The average molecular weight is 245 g/mol. The van der Waals surface area contributed by atoms with Gasteiger partial charge in [-0.2, -0.15) is 0 Å².